The largest absolute Gasteiger partial charge is 0.388 e. The molecule has 1 aliphatic carbocycles. The number of hydrogen-bond acceptors (Lipinski definition) is 3. The van der Waals surface area contributed by atoms with E-state index in [1.54, 1.807) is 7.05 Å². The number of hydrogen-bond donors (Lipinski definition) is 3. The number of aromatic nitrogens is 2. The Labute approximate surface area is 162 Å². The van der Waals surface area contributed by atoms with Crippen LogP contribution in [0.15, 0.2) is 11.2 Å². The molecule has 1 heterocycles. The first kappa shape index (κ1) is 21.2. The molecule has 6 nitrogen and oxygen atoms in total. The fourth-order valence-electron chi connectivity index (χ4n) is 2.69. The monoisotopic (exact) mass is 449 g/mol. The molecule has 3 N–H and O–H groups in total. The van der Waals surface area contributed by atoms with Crippen LogP contribution in [0.4, 0.5) is 0 Å². The van der Waals surface area contributed by atoms with Crippen LogP contribution < -0.4 is 10.6 Å². The summed E-state index contributed by atoms with van der Waals surface area (Å²) in [5.74, 6) is 0.746. The maximum atomic E-state index is 10.1. The highest BCUT2D eigenvalue weighted by Crippen LogP contribution is 2.21. The molecule has 0 aliphatic heterocycles. The maximum Gasteiger partial charge on any atom is 0.191 e. The summed E-state index contributed by atoms with van der Waals surface area (Å²) in [5.41, 5.74) is 1.85. The molecule has 0 fully saturated rings. The second-order valence-corrected chi connectivity index (χ2v) is 7.04. The Bertz CT molecular complexity index is 553. The van der Waals surface area contributed by atoms with E-state index < -0.39 is 5.60 Å². The van der Waals surface area contributed by atoms with Crippen LogP contribution in [0.2, 0.25) is 0 Å². The second kappa shape index (κ2) is 9.03. The van der Waals surface area contributed by atoms with Crippen molar-refractivity contribution in [3.8, 4) is 0 Å². The van der Waals surface area contributed by atoms with Crippen LogP contribution in [0, 0.1) is 0 Å². The van der Waals surface area contributed by atoms with Gasteiger partial charge in [-0.05, 0) is 45.6 Å². The zero-order chi connectivity index (χ0) is 17.0. The van der Waals surface area contributed by atoms with Crippen molar-refractivity contribution in [3.63, 3.8) is 0 Å². The molecule has 0 saturated heterocycles. The van der Waals surface area contributed by atoms with Crippen LogP contribution in [0.5, 0.6) is 0 Å². The number of nitrogens with zero attached hydrogens (tertiary/aromatic N) is 3. The third kappa shape index (κ3) is 5.61. The zero-order valence-electron chi connectivity index (χ0n) is 15.5. The number of rotatable bonds is 5. The number of nitrogens with one attached hydrogen (secondary N) is 2. The summed E-state index contributed by atoms with van der Waals surface area (Å²) >= 11 is 0. The summed E-state index contributed by atoms with van der Waals surface area (Å²) in [7, 11) is 1.76. The van der Waals surface area contributed by atoms with Crippen LogP contribution >= 0.6 is 24.0 Å². The van der Waals surface area contributed by atoms with Gasteiger partial charge in [-0.15, -0.1) is 24.0 Å². The summed E-state index contributed by atoms with van der Waals surface area (Å²) in [6.45, 7) is 8.60. The van der Waals surface area contributed by atoms with Crippen molar-refractivity contribution in [2.24, 2.45) is 4.99 Å². The average molecular weight is 449 g/mol. The molecule has 1 aromatic rings. The van der Waals surface area contributed by atoms with E-state index in [1.807, 2.05) is 13.8 Å². The van der Waals surface area contributed by atoms with Crippen LogP contribution in [0.1, 0.15) is 57.8 Å². The number of halogens is 1. The van der Waals surface area contributed by atoms with E-state index in [9.17, 15) is 5.11 Å². The van der Waals surface area contributed by atoms with Gasteiger partial charge in [-0.3, -0.25) is 9.67 Å². The fourth-order valence-corrected chi connectivity index (χ4v) is 2.69. The lowest BCUT2D eigenvalue weighted by Crippen LogP contribution is -2.49. The Morgan fingerprint density at radius 3 is 2.83 bits per heavy atom. The molecule has 7 heteroatoms. The maximum absolute atomic E-state index is 10.1. The number of aryl methyl sites for hydroxylation is 1. The zero-order valence-corrected chi connectivity index (χ0v) is 17.8. The molecular weight excluding hydrogens is 417 g/mol. The Hall–Kier alpha value is -0.830. The predicted molar refractivity (Wildman–Crippen MR) is 109 cm³/mol. The normalized spacial score (nSPS) is 20.1. The van der Waals surface area contributed by atoms with E-state index in [4.69, 9.17) is 5.10 Å². The topological polar surface area (TPSA) is 74.5 Å². The van der Waals surface area contributed by atoms with Crippen LogP contribution in [0.3, 0.4) is 0 Å². The second-order valence-electron chi connectivity index (χ2n) is 7.04. The van der Waals surface area contributed by atoms with Gasteiger partial charge >= 0.3 is 0 Å². The lowest BCUT2D eigenvalue weighted by Gasteiger charge is -2.27. The lowest BCUT2D eigenvalue weighted by atomic mass is 9.94. The molecule has 0 spiro atoms. The molecule has 0 aromatic carbocycles. The van der Waals surface area contributed by atoms with Gasteiger partial charge in [0.25, 0.3) is 0 Å². The highest BCUT2D eigenvalue weighted by molar-refractivity contribution is 14.0. The Balaban J connectivity index is 0.00000288. The van der Waals surface area contributed by atoms with E-state index in [-0.39, 0.29) is 24.0 Å². The molecule has 0 radical (unpaired) electrons. The SMILES string of the molecule is CCC(C)(O)CNC(=NC)NC1CCc2cn(C(C)C)nc2C1.I. The van der Waals surface area contributed by atoms with Crippen molar-refractivity contribution in [1.82, 2.24) is 20.4 Å². The van der Waals surface area contributed by atoms with Gasteiger partial charge in [0.15, 0.2) is 5.96 Å². The average Bonchev–Trinajstić information content (AvgIpc) is 2.95. The van der Waals surface area contributed by atoms with Crippen molar-refractivity contribution in [1.29, 1.82) is 0 Å². The van der Waals surface area contributed by atoms with Gasteiger partial charge in [0.1, 0.15) is 0 Å². The molecule has 2 atom stereocenters. The van der Waals surface area contributed by atoms with E-state index >= 15 is 0 Å². The van der Waals surface area contributed by atoms with Gasteiger partial charge in [0.05, 0.1) is 11.3 Å². The standard InChI is InChI=1S/C17H31N5O.HI/c1-6-17(4,23)11-19-16(18-5)20-14-8-7-13-10-22(12(2)3)21-15(13)9-14;/h10,12,14,23H,6-9,11H2,1-5H3,(H2,18,19,20);1H. The predicted octanol–water partition coefficient (Wildman–Crippen LogP) is 2.27. The van der Waals surface area contributed by atoms with Crippen molar-refractivity contribution in [3.05, 3.63) is 17.5 Å². The van der Waals surface area contributed by atoms with E-state index in [0.717, 1.165) is 25.2 Å². The number of fused-ring (bicyclic) bond motifs is 1. The van der Waals surface area contributed by atoms with E-state index in [0.29, 0.717) is 25.0 Å². The third-order valence-electron chi connectivity index (χ3n) is 4.59. The summed E-state index contributed by atoms with van der Waals surface area (Å²) in [5, 5.41) is 21.5. The molecule has 1 aliphatic rings. The number of aliphatic imine (C=N–C) groups is 1. The van der Waals surface area contributed by atoms with Gasteiger partial charge in [0.2, 0.25) is 0 Å². The first-order chi connectivity index (χ1) is 10.8. The first-order valence-corrected chi connectivity index (χ1v) is 8.61. The molecule has 1 aromatic heterocycles. The van der Waals surface area contributed by atoms with Gasteiger partial charge in [-0.1, -0.05) is 6.92 Å². The van der Waals surface area contributed by atoms with Gasteiger partial charge in [0, 0.05) is 38.3 Å². The summed E-state index contributed by atoms with van der Waals surface area (Å²) < 4.78 is 2.05. The Kier molecular flexibility index (Phi) is 7.98. The molecule has 138 valence electrons. The lowest BCUT2D eigenvalue weighted by molar-refractivity contribution is 0.0603. The van der Waals surface area contributed by atoms with Crippen LogP contribution in [-0.4, -0.2) is 46.1 Å². The van der Waals surface area contributed by atoms with E-state index in [1.165, 1.54) is 11.3 Å². The summed E-state index contributed by atoms with van der Waals surface area (Å²) in [6.07, 6.45) is 5.92. The van der Waals surface area contributed by atoms with Crippen LogP contribution in [0.25, 0.3) is 0 Å². The molecule has 24 heavy (non-hydrogen) atoms. The van der Waals surface area contributed by atoms with E-state index in [2.05, 4.69) is 40.4 Å². The molecule has 2 rings (SSSR count). The first-order valence-electron chi connectivity index (χ1n) is 8.61. The highest BCUT2D eigenvalue weighted by atomic mass is 127. The van der Waals surface area contributed by atoms with Crippen LogP contribution in [-0.2, 0) is 12.8 Å². The highest BCUT2D eigenvalue weighted by Gasteiger charge is 2.24. The number of guanidine groups is 1. The minimum atomic E-state index is -0.715. The summed E-state index contributed by atoms with van der Waals surface area (Å²) in [6, 6.07) is 0.730. The third-order valence-corrected chi connectivity index (χ3v) is 4.59. The van der Waals surface area contributed by atoms with Crippen molar-refractivity contribution >= 4 is 29.9 Å². The Morgan fingerprint density at radius 1 is 1.54 bits per heavy atom. The minimum Gasteiger partial charge on any atom is -0.388 e. The summed E-state index contributed by atoms with van der Waals surface area (Å²) in [4.78, 5) is 4.27. The quantitative estimate of drug-likeness (QED) is 0.366. The van der Waals surface area contributed by atoms with Crippen molar-refractivity contribution in [2.45, 2.75) is 71.1 Å². The molecular formula is C17H32IN5O. The number of aliphatic hydroxyl groups is 1. The van der Waals surface area contributed by atoms with Gasteiger partial charge < -0.3 is 15.7 Å². The fraction of sp³-hybridized carbons (Fsp3) is 0.765. The minimum absolute atomic E-state index is 0. The van der Waals surface area contributed by atoms with Gasteiger partial charge in [-0.2, -0.15) is 5.10 Å². The van der Waals surface area contributed by atoms with Gasteiger partial charge in [-0.25, -0.2) is 0 Å². The van der Waals surface area contributed by atoms with Crippen molar-refractivity contribution in [2.75, 3.05) is 13.6 Å². The molecule has 2 unspecified atom stereocenters. The molecule has 0 saturated carbocycles. The van der Waals surface area contributed by atoms with Crippen molar-refractivity contribution < 1.29 is 5.11 Å². The molecule has 0 amide bonds. The smallest absolute Gasteiger partial charge is 0.191 e. The Morgan fingerprint density at radius 2 is 2.25 bits per heavy atom. The molecule has 0 bridgehead atoms.